The highest BCUT2D eigenvalue weighted by Gasteiger charge is 2.12. The molecule has 1 rings (SSSR count). The van der Waals surface area contributed by atoms with E-state index in [0.717, 1.165) is 19.6 Å². The van der Waals surface area contributed by atoms with Crippen molar-refractivity contribution in [3.8, 4) is 0 Å². The van der Waals surface area contributed by atoms with E-state index in [9.17, 15) is 0 Å². The van der Waals surface area contributed by atoms with Gasteiger partial charge >= 0.3 is 0 Å². The van der Waals surface area contributed by atoms with Crippen molar-refractivity contribution in [3.63, 3.8) is 0 Å². The van der Waals surface area contributed by atoms with Crippen LogP contribution in [0.4, 0.5) is 0 Å². The molecule has 15 heavy (non-hydrogen) atoms. The molecular weight excluding hydrogens is 186 g/mol. The predicted molar refractivity (Wildman–Crippen MR) is 66.3 cm³/mol. The van der Waals surface area contributed by atoms with Crippen LogP contribution in [0.25, 0.3) is 0 Å². The fraction of sp³-hybridized carbons (Fsp3) is 1.00. The van der Waals surface area contributed by atoms with Gasteiger partial charge in [0.15, 0.2) is 0 Å². The minimum absolute atomic E-state index is 0.690. The highest BCUT2D eigenvalue weighted by molar-refractivity contribution is 4.76. The van der Waals surface area contributed by atoms with Crippen molar-refractivity contribution in [1.29, 1.82) is 0 Å². The maximum absolute atomic E-state index is 3.57. The first-order chi connectivity index (χ1) is 7.36. The number of hydrogen-bond donors (Lipinski definition) is 2. The second-order valence-electron chi connectivity index (χ2n) is 4.49. The summed E-state index contributed by atoms with van der Waals surface area (Å²) in [6.45, 7) is 11.7. The van der Waals surface area contributed by atoms with Crippen molar-refractivity contribution in [2.75, 3.05) is 39.3 Å². The lowest BCUT2D eigenvalue weighted by atomic mass is 10.1. The Kier molecular flexibility index (Phi) is 6.98. The Balaban J connectivity index is 2.13. The van der Waals surface area contributed by atoms with Gasteiger partial charge in [-0.05, 0) is 38.9 Å². The highest BCUT2D eigenvalue weighted by atomic mass is 15.1. The second kappa shape index (κ2) is 8.08. The van der Waals surface area contributed by atoms with Crippen LogP contribution in [-0.2, 0) is 0 Å². The first kappa shape index (κ1) is 12.9. The van der Waals surface area contributed by atoms with Crippen molar-refractivity contribution in [2.45, 2.75) is 39.2 Å². The van der Waals surface area contributed by atoms with Gasteiger partial charge in [-0.15, -0.1) is 0 Å². The molecule has 0 radical (unpaired) electrons. The Bertz CT molecular complexity index is 138. The molecule has 1 unspecified atom stereocenters. The van der Waals surface area contributed by atoms with E-state index < -0.39 is 0 Å². The molecule has 3 nitrogen and oxygen atoms in total. The fourth-order valence-corrected chi connectivity index (χ4v) is 2.22. The van der Waals surface area contributed by atoms with E-state index in [0.29, 0.717) is 6.04 Å². The van der Waals surface area contributed by atoms with Crippen molar-refractivity contribution in [1.82, 2.24) is 15.5 Å². The van der Waals surface area contributed by atoms with Crippen LogP contribution in [0, 0.1) is 0 Å². The van der Waals surface area contributed by atoms with Crippen LogP contribution in [0.2, 0.25) is 0 Å². The standard InChI is InChI=1S/C12H27N3/c1-3-8-15(9-4-2)10-5-12-11-13-6-7-14-12/h12-14H,3-11H2,1-2H3. The number of hydrogen-bond acceptors (Lipinski definition) is 3. The fourth-order valence-electron chi connectivity index (χ4n) is 2.22. The average Bonchev–Trinajstić information content (AvgIpc) is 2.28. The molecule has 0 saturated carbocycles. The van der Waals surface area contributed by atoms with Crippen LogP contribution in [0.1, 0.15) is 33.1 Å². The third-order valence-electron chi connectivity index (χ3n) is 3.00. The molecule has 0 aromatic heterocycles. The van der Waals surface area contributed by atoms with Crippen LogP contribution in [0.15, 0.2) is 0 Å². The number of rotatable bonds is 7. The molecule has 90 valence electrons. The summed E-state index contributed by atoms with van der Waals surface area (Å²) in [5.74, 6) is 0. The van der Waals surface area contributed by atoms with Gasteiger partial charge in [-0.1, -0.05) is 13.8 Å². The van der Waals surface area contributed by atoms with E-state index in [1.165, 1.54) is 38.9 Å². The van der Waals surface area contributed by atoms with Crippen molar-refractivity contribution >= 4 is 0 Å². The molecule has 2 N–H and O–H groups in total. The van der Waals surface area contributed by atoms with Crippen LogP contribution in [0.5, 0.6) is 0 Å². The van der Waals surface area contributed by atoms with Gasteiger partial charge in [-0.25, -0.2) is 0 Å². The molecule has 1 heterocycles. The van der Waals surface area contributed by atoms with Crippen molar-refractivity contribution in [3.05, 3.63) is 0 Å². The summed E-state index contributed by atoms with van der Waals surface area (Å²) in [6, 6.07) is 0.690. The van der Waals surface area contributed by atoms with E-state index in [-0.39, 0.29) is 0 Å². The third kappa shape index (κ3) is 5.50. The number of nitrogens with zero attached hydrogens (tertiary/aromatic N) is 1. The van der Waals surface area contributed by atoms with Gasteiger partial charge in [-0.3, -0.25) is 0 Å². The number of piperazine rings is 1. The maximum Gasteiger partial charge on any atom is 0.0205 e. The lowest BCUT2D eigenvalue weighted by molar-refractivity contribution is 0.250. The summed E-state index contributed by atoms with van der Waals surface area (Å²) in [4.78, 5) is 2.59. The largest absolute Gasteiger partial charge is 0.314 e. The van der Waals surface area contributed by atoms with E-state index >= 15 is 0 Å². The summed E-state index contributed by atoms with van der Waals surface area (Å²) in [6.07, 6.45) is 3.83. The van der Waals surface area contributed by atoms with Gasteiger partial charge < -0.3 is 15.5 Å². The van der Waals surface area contributed by atoms with E-state index in [4.69, 9.17) is 0 Å². The Hall–Kier alpha value is -0.120. The molecule has 0 aliphatic carbocycles. The van der Waals surface area contributed by atoms with E-state index in [2.05, 4.69) is 29.4 Å². The van der Waals surface area contributed by atoms with Gasteiger partial charge in [0.05, 0.1) is 0 Å². The zero-order valence-electron chi connectivity index (χ0n) is 10.4. The predicted octanol–water partition coefficient (Wildman–Crippen LogP) is 1.06. The van der Waals surface area contributed by atoms with Crippen LogP contribution < -0.4 is 10.6 Å². The molecule has 1 atom stereocenters. The summed E-state index contributed by atoms with van der Waals surface area (Å²) in [7, 11) is 0. The summed E-state index contributed by atoms with van der Waals surface area (Å²) >= 11 is 0. The Morgan fingerprint density at radius 1 is 1.07 bits per heavy atom. The van der Waals surface area contributed by atoms with Gasteiger partial charge in [-0.2, -0.15) is 0 Å². The minimum atomic E-state index is 0.690. The van der Waals surface area contributed by atoms with Crippen LogP contribution in [0.3, 0.4) is 0 Å². The quantitative estimate of drug-likeness (QED) is 0.662. The molecule has 0 aromatic rings. The smallest absolute Gasteiger partial charge is 0.0205 e. The van der Waals surface area contributed by atoms with Gasteiger partial charge in [0.25, 0.3) is 0 Å². The summed E-state index contributed by atoms with van der Waals surface area (Å²) in [5, 5.41) is 7.01. The Labute approximate surface area is 94.6 Å². The van der Waals surface area contributed by atoms with Crippen LogP contribution in [-0.4, -0.2) is 50.2 Å². The molecule has 1 saturated heterocycles. The summed E-state index contributed by atoms with van der Waals surface area (Å²) in [5.41, 5.74) is 0. The molecule has 1 aliphatic rings. The second-order valence-corrected chi connectivity index (χ2v) is 4.49. The van der Waals surface area contributed by atoms with E-state index in [1.54, 1.807) is 0 Å². The Morgan fingerprint density at radius 2 is 1.80 bits per heavy atom. The molecule has 0 amide bonds. The SMILES string of the molecule is CCCN(CCC)CCC1CNCCN1. The van der Waals surface area contributed by atoms with Gasteiger partial charge in [0.1, 0.15) is 0 Å². The first-order valence-electron chi connectivity index (χ1n) is 6.53. The normalized spacial score (nSPS) is 22.2. The van der Waals surface area contributed by atoms with Crippen LogP contribution >= 0.6 is 0 Å². The van der Waals surface area contributed by atoms with E-state index in [1.807, 2.05) is 0 Å². The molecule has 0 spiro atoms. The van der Waals surface area contributed by atoms with Crippen molar-refractivity contribution in [2.24, 2.45) is 0 Å². The first-order valence-corrected chi connectivity index (χ1v) is 6.53. The zero-order valence-corrected chi connectivity index (χ0v) is 10.4. The highest BCUT2D eigenvalue weighted by Crippen LogP contribution is 2.00. The molecule has 3 heteroatoms. The maximum atomic E-state index is 3.57. The molecule has 0 aromatic carbocycles. The zero-order chi connectivity index (χ0) is 10.9. The van der Waals surface area contributed by atoms with Crippen molar-refractivity contribution < 1.29 is 0 Å². The lowest BCUT2D eigenvalue weighted by Gasteiger charge is -2.28. The molecule has 0 bridgehead atoms. The van der Waals surface area contributed by atoms with Gasteiger partial charge in [0, 0.05) is 25.7 Å². The minimum Gasteiger partial charge on any atom is -0.314 e. The summed E-state index contributed by atoms with van der Waals surface area (Å²) < 4.78 is 0. The number of nitrogens with one attached hydrogen (secondary N) is 2. The lowest BCUT2D eigenvalue weighted by Crippen LogP contribution is -2.49. The Morgan fingerprint density at radius 3 is 2.33 bits per heavy atom. The molecular formula is C12H27N3. The molecule has 1 fully saturated rings. The van der Waals surface area contributed by atoms with Gasteiger partial charge in [0.2, 0.25) is 0 Å². The topological polar surface area (TPSA) is 27.3 Å². The third-order valence-corrected chi connectivity index (χ3v) is 3.00. The monoisotopic (exact) mass is 213 g/mol. The average molecular weight is 213 g/mol. The molecule has 1 aliphatic heterocycles.